The van der Waals surface area contributed by atoms with E-state index in [1.807, 2.05) is 0 Å². The molecule has 2 atom stereocenters. The molecule has 2 heteroatoms. The summed E-state index contributed by atoms with van der Waals surface area (Å²) in [6.45, 7) is 9.10. The molecule has 0 bridgehead atoms. The number of piperidine rings is 1. The summed E-state index contributed by atoms with van der Waals surface area (Å²) >= 11 is 0. The van der Waals surface area contributed by atoms with Gasteiger partial charge in [0.05, 0.1) is 0 Å². The predicted octanol–water partition coefficient (Wildman–Crippen LogP) is 4.69. The van der Waals surface area contributed by atoms with Crippen molar-refractivity contribution >= 4 is 5.69 Å². The van der Waals surface area contributed by atoms with Crippen LogP contribution in [0.1, 0.15) is 57.9 Å². The standard InChI is InChI=1S/C20H32N2/c1-3-21(4-2)19-13-11-17(12-14-19)16-22-15-7-9-18-8-5-6-10-20(18)22/h11-14,18,20H,3-10,15-16H2,1-2H3/t18-,20+/m0/s1. The Bertz CT molecular complexity index is 447. The number of likely N-dealkylation sites (tertiary alicyclic amines) is 1. The van der Waals surface area contributed by atoms with Gasteiger partial charge < -0.3 is 4.90 Å². The molecule has 1 saturated heterocycles. The van der Waals surface area contributed by atoms with Crippen molar-refractivity contribution in [3.05, 3.63) is 29.8 Å². The molecule has 2 aliphatic rings. The highest BCUT2D eigenvalue weighted by molar-refractivity contribution is 5.47. The topological polar surface area (TPSA) is 6.48 Å². The summed E-state index contributed by atoms with van der Waals surface area (Å²) < 4.78 is 0. The van der Waals surface area contributed by atoms with E-state index >= 15 is 0 Å². The van der Waals surface area contributed by atoms with Crippen LogP contribution in [0.15, 0.2) is 24.3 Å². The van der Waals surface area contributed by atoms with Crippen molar-refractivity contribution in [2.45, 2.75) is 65.0 Å². The van der Waals surface area contributed by atoms with Crippen LogP contribution in [0.4, 0.5) is 5.69 Å². The molecule has 1 heterocycles. The Kier molecular flexibility index (Phi) is 5.41. The van der Waals surface area contributed by atoms with Gasteiger partial charge in [-0.15, -0.1) is 0 Å². The normalized spacial score (nSPS) is 25.7. The lowest BCUT2D eigenvalue weighted by molar-refractivity contribution is 0.0547. The van der Waals surface area contributed by atoms with Gasteiger partial charge in [0.2, 0.25) is 0 Å². The van der Waals surface area contributed by atoms with Gasteiger partial charge in [-0.3, -0.25) is 4.90 Å². The number of hydrogen-bond donors (Lipinski definition) is 0. The van der Waals surface area contributed by atoms with Gasteiger partial charge in [-0.05, 0) is 69.7 Å². The molecule has 1 aromatic rings. The Morgan fingerprint density at radius 1 is 0.955 bits per heavy atom. The van der Waals surface area contributed by atoms with E-state index in [2.05, 4.69) is 47.9 Å². The quantitative estimate of drug-likeness (QED) is 0.778. The smallest absolute Gasteiger partial charge is 0.0366 e. The fourth-order valence-electron chi connectivity index (χ4n) is 4.56. The Hall–Kier alpha value is -1.02. The van der Waals surface area contributed by atoms with Crippen molar-refractivity contribution in [1.29, 1.82) is 0 Å². The maximum absolute atomic E-state index is 2.78. The van der Waals surface area contributed by atoms with Crippen molar-refractivity contribution in [3.8, 4) is 0 Å². The van der Waals surface area contributed by atoms with Crippen molar-refractivity contribution < 1.29 is 0 Å². The highest BCUT2D eigenvalue weighted by atomic mass is 15.2. The van der Waals surface area contributed by atoms with Crippen molar-refractivity contribution in [2.24, 2.45) is 5.92 Å². The van der Waals surface area contributed by atoms with Gasteiger partial charge in [-0.25, -0.2) is 0 Å². The van der Waals surface area contributed by atoms with Crippen molar-refractivity contribution in [1.82, 2.24) is 4.90 Å². The number of nitrogens with zero attached hydrogens (tertiary/aromatic N) is 2. The summed E-state index contributed by atoms with van der Waals surface area (Å²) in [7, 11) is 0. The van der Waals surface area contributed by atoms with Gasteiger partial charge in [0.1, 0.15) is 0 Å². The van der Waals surface area contributed by atoms with E-state index < -0.39 is 0 Å². The Balaban J connectivity index is 1.64. The minimum Gasteiger partial charge on any atom is -0.372 e. The predicted molar refractivity (Wildman–Crippen MR) is 95.4 cm³/mol. The van der Waals surface area contributed by atoms with E-state index in [1.165, 1.54) is 56.3 Å². The van der Waals surface area contributed by atoms with E-state index in [4.69, 9.17) is 0 Å². The SMILES string of the molecule is CCN(CC)c1ccc(CN2CCC[C@@H]3CCCC[C@H]32)cc1. The van der Waals surface area contributed by atoms with Crippen LogP contribution in [0.5, 0.6) is 0 Å². The molecule has 0 unspecified atom stereocenters. The monoisotopic (exact) mass is 300 g/mol. The fraction of sp³-hybridized carbons (Fsp3) is 0.700. The van der Waals surface area contributed by atoms with E-state index in [-0.39, 0.29) is 0 Å². The Morgan fingerprint density at radius 2 is 1.64 bits per heavy atom. The van der Waals surface area contributed by atoms with Crippen molar-refractivity contribution in [2.75, 3.05) is 24.5 Å². The average molecular weight is 300 g/mol. The molecule has 0 spiro atoms. The molecular formula is C20H32N2. The summed E-state index contributed by atoms with van der Waals surface area (Å²) in [5.74, 6) is 0.984. The number of benzene rings is 1. The molecule has 1 aromatic carbocycles. The molecule has 0 aromatic heterocycles. The van der Waals surface area contributed by atoms with Crippen LogP contribution in [0, 0.1) is 5.92 Å². The van der Waals surface area contributed by atoms with E-state index in [0.29, 0.717) is 0 Å². The maximum Gasteiger partial charge on any atom is 0.0366 e. The summed E-state index contributed by atoms with van der Waals surface area (Å²) in [5, 5.41) is 0. The second kappa shape index (κ2) is 7.50. The zero-order valence-corrected chi connectivity index (χ0v) is 14.4. The van der Waals surface area contributed by atoms with Crippen LogP contribution >= 0.6 is 0 Å². The second-order valence-electron chi connectivity index (χ2n) is 7.06. The first-order valence-corrected chi connectivity index (χ1v) is 9.39. The first-order valence-electron chi connectivity index (χ1n) is 9.39. The molecule has 0 radical (unpaired) electrons. The summed E-state index contributed by atoms with van der Waals surface area (Å²) in [6, 6.07) is 10.2. The number of hydrogen-bond acceptors (Lipinski definition) is 2. The summed E-state index contributed by atoms with van der Waals surface area (Å²) in [4.78, 5) is 5.20. The first kappa shape index (κ1) is 15.9. The molecule has 0 amide bonds. The van der Waals surface area contributed by atoms with Crippen molar-refractivity contribution in [3.63, 3.8) is 0 Å². The van der Waals surface area contributed by atoms with Crippen LogP contribution in [0.25, 0.3) is 0 Å². The lowest BCUT2D eigenvalue weighted by Crippen LogP contribution is -2.46. The molecule has 3 rings (SSSR count). The van der Waals surface area contributed by atoms with Gasteiger partial charge in [-0.1, -0.05) is 25.0 Å². The van der Waals surface area contributed by atoms with E-state index in [0.717, 1.165) is 31.6 Å². The third kappa shape index (κ3) is 3.48. The Morgan fingerprint density at radius 3 is 2.36 bits per heavy atom. The molecule has 0 N–H and O–H groups in total. The zero-order valence-electron chi connectivity index (χ0n) is 14.4. The molecule has 1 saturated carbocycles. The largest absolute Gasteiger partial charge is 0.372 e. The zero-order chi connectivity index (χ0) is 15.4. The van der Waals surface area contributed by atoms with Gasteiger partial charge in [0.25, 0.3) is 0 Å². The van der Waals surface area contributed by atoms with Gasteiger partial charge >= 0.3 is 0 Å². The van der Waals surface area contributed by atoms with Crippen LogP contribution < -0.4 is 4.90 Å². The third-order valence-corrected chi connectivity index (χ3v) is 5.81. The number of rotatable bonds is 5. The lowest BCUT2D eigenvalue weighted by atomic mass is 9.78. The fourth-order valence-corrected chi connectivity index (χ4v) is 4.56. The van der Waals surface area contributed by atoms with Gasteiger partial charge in [0.15, 0.2) is 0 Å². The van der Waals surface area contributed by atoms with Crippen LogP contribution in [-0.4, -0.2) is 30.6 Å². The third-order valence-electron chi connectivity index (χ3n) is 5.81. The van der Waals surface area contributed by atoms with Crippen LogP contribution in [0.3, 0.4) is 0 Å². The lowest BCUT2D eigenvalue weighted by Gasteiger charge is -2.44. The average Bonchev–Trinajstić information content (AvgIpc) is 2.58. The van der Waals surface area contributed by atoms with Gasteiger partial charge in [0, 0.05) is 31.4 Å². The molecule has 2 nitrogen and oxygen atoms in total. The first-order chi connectivity index (χ1) is 10.8. The van der Waals surface area contributed by atoms with E-state index in [1.54, 1.807) is 0 Å². The summed E-state index contributed by atoms with van der Waals surface area (Å²) in [5.41, 5.74) is 2.85. The molecule has 2 fully saturated rings. The maximum atomic E-state index is 2.78. The highest BCUT2D eigenvalue weighted by Gasteiger charge is 2.32. The molecule has 1 aliphatic carbocycles. The molecule has 122 valence electrons. The molecule has 1 aliphatic heterocycles. The number of anilines is 1. The summed E-state index contributed by atoms with van der Waals surface area (Å²) in [6.07, 6.45) is 8.69. The van der Waals surface area contributed by atoms with Gasteiger partial charge in [-0.2, -0.15) is 0 Å². The van der Waals surface area contributed by atoms with E-state index in [9.17, 15) is 0 Å². The molecule has 22 heavy (non-hydrogen) atoms. The number of fused-ring (bicyclic) bond motifs is 1. The minimum atomic E-state index is 0.866. The second-order valence-corrected chi connectivity index (χ2v) is 7.06. The minimum absolute atomic E-state index is 0.866. The highest BCUT2D eigenvalue weighted by Crippen LogP contribution is 2.36. The Labute approximate surface area is 136 Å². The van der Waals surface area contributed by atoms with Crippen LogP contribution in [-0.2, 0) is 6.54 Å². The van der Waals surface area contributed by atoms with Crippen LogP contribution in [0.2, 0.25) is 0 Å². The molecular weight excluding hydrogens is 268 g/mol.